The van der Waals surface area contributed by atoms with Crippen LogP contribution in [0.5, 0.6) is 5.88 Å². The van der Waals surface area contributed by atoms with Crippen LogP contribution in [-0.2, 0) is 11.3 Å². The van der Waals surface area contributed by atoms with Crippen molar-refractivity contribution in [1.82, 2.24) is 15.2 Å². The molecular weight excluding hydrogens is 284 g/mol. The van der Waals surface area contributed by atoms with Gasteiger partial charge in [0.2, 0.25) is 11.8 Å². The van der Waals surface area contributed by atoms with Gasteiger partial charge in [0.05, 0.1) is 12.0 Å². The lowest BCUT2D eigenvalue weighted by atomic mass is 10.1. The molecule has 1 aliphatic heterocycles. The highest BCUT2D eigenvalue weighted by Gasteiger charge is 2.29. The molecule has 0 radical (unpaired) electrons. The van der Waals surface area contributed by atoms with Crippen molar-refractivity contribution in [2.24, 2.45) is 11.7 Å². The molecule has 2 heterocycles. The Hall–Kier alpha value is -2.31. The van der Waals surface area contributed by atoms with E-state index in [0.29, 0.717) is 31.9 Å². The van der Waals surface area contributed by atoms with E-state index in [1.807, 2.05) is 19.9 Å². The number of hydrogen-bond acceptors (Lipinski definition) is 4. The minimum absolute atomic E-state index is 0.0132. The minimum Gasteiger partial charge on any atom is -0.475 e. The van der Waals surface area contributed by atoms with Crippen LogP contribution in [0.1, 0.15) is 25.8 Å². The van der Waals surface area contributed by atoms with Gasteiger partial charge in [-0.15, -0.1) is 0 Å². The van der Waals surface area contributed by atoms with Gasteiger partial charge in [0.25, 0.3) is 0 Å². The summed E-state index contributed by atoms with van der Waals surface area (Å²) in [7, 11) is 0. The Kier molecular flexibility index (Phi) is 5.19. The number of rotatable bonds is 5. The van der Waals surface area contributed by atoms with Gasteiger partial charge in [-0.05, 0) is 26.3 Å². The van der Waals surface area contributed by atoms with E-state index in [9.17, 15) is 9.59 Å². The summed E-state index contributed by atoms with van der Waals surface area (Å²) in [5.74, 6) is -0.0756. The van der Waals surface area contributed by atoms with Gasteiger partial charge in [-0.3, -0.25) is 4.79 Å². The summed E-state index contributed by atoms with van der Waals surface area (Å²) in [6.45, 7) is 5.09. The first-order chi connectivity index (χ1) is 10.5. The van der Waals surface area contributed by atoms with Gasteiger partial charge in [0.1, 0.15) is 0 Å². The number of likely N-dealkylation sites (tertiary alicyclic amines) is 1. The van der Waals surface area contributed by atoms with Gasteiger partial charge >= 0.3 is 6.03 Å². The lowest BCUT2D eigenvalue weighted by molar-refractivity contribution is -0.121. The molecule has 1 fully saturated rings. The highest BCUT2D eigenvalue weighted by atomic mass is 16.5. The molecule has 1 atom stereocenters. The number of primary amides is 1. The lowest BCUT2D eigenvalue weighted by Gasteiger charge is -2.18. The van der Waals surface area contributed by atoms with Crippen molar-refractivity contribution in [1.29, 1.82) is 0 Å². The largest absolute Gasteiger partial charge is 0.475 e. The molecule has 0 aromatic carbocycles. The Labute approximate surface area is 129 Å². The van der Waals surface area contributed by atoms with Crippen LogP contribution in [0.4, 0.5) is 4.79 Å². The molecule has 1 saturated heterocycles. The Morgan fingerprint density at radius 2 is 2.32 bits per heavy atom. The number of carbonyl (C=O) groups is 2. The maximum Gasteiger partial charge on any atom is 0.317 e. The first-order valence-electron chi connectivity index (χ1n) is 7.40. The number of urea groups is 1. The van der Waals surface area contributed by atoms with E-state index < -0.39 is 0 Å². The van der Waals surface area contributed by atoms with Gasteiger partial charge in [0.15, 0.2) is 0 Å². The number of aromatic nitrogens is 1. The van der Waals surface area contributed by atoms with Crippen molar-refractivity contribution >= 4 is 11.9 Å². The maximum absolute atomic E-state index is 12.1. The average Bonchev–Trinajstić information content (AvgIpc) is 2.95. The third-order valence-electron chi connectivity index (χ3n) is 3.51. The molecule has 3 amide bonds. The molecule has 0 saturated carbocycles. The monoisotopic (exact) mass is 306 g/mol. The van der Waals surface area contributed by atoms with Crippen LogP contribution < -0.4 is 15.8 Å². The second-order valence-corrected chi connectivity index (χ2v) is 5.63. The SMILES string of the molecule is CC(C)Oc1ncccc1CNC(=O)N1CC[C@H](C(N)=O)C1. The summed E-state index contributed by atoms with van der Waals surface area (Å²) in [6, 6.07) is 3.46. The maximum atomic E-state index is 12.1. The number of amides is 3. The molecule has 0 spiro atoms. The summed E-state index contributed by atoms with van der Waals surface area (Å²) in [5.41, 5.74) is 6.08. The van der Waals surface area contributed by atoms with Crippen LogP contribution >= 0.6 is 0 Å². The molecule has 7 nitrogen and oxygen atoms in total. The second-order valence-electron chi connectivity index (χ2n) is 5.63. The number of nitrogens with one attached hydrogen (secondary N) is 1. The smallest absolute Gasteiger partial charge is 0.317 e. The summed E-state index contributed by atoms with van der Waals surface area (Å²) >= 11 is 0. The van der Waals surface area contributed by atoms with Gasteiger partial charge < -0.3 is 20.7 Å². The van der Waals surface area contributed by atoms with E-state index in [2.05, 4.69) is 10.3 Å². The summed E-state index contributed by atoms with van der Waals surface area (Å²) in [6.07, 6.45) is 2.29. The van der Waals surface area contributed by atoms with Crippen LogP contribution in [-0.4, -0.2) is 41.0 Å². The number of nitrogens with zero attached hydrogens (tertiary/aromatic N) is 2. The third kappa shape index (κ3) is 4.09. The van der Waals surface area contributed by atoms with E-state index in [4.69, 9.17) is 10.5 Å². The Morgan fingerprint density at radius 3 is 2.95 bits per heavy atom. The number of carbonyl (C=O) groups excluding carboxylic acids is 2. The summed E-state index contributed by atoms with van der Waals surface area (Å²) in [5, 5.41) is 2.83. The Bertz CT molecular complexity index is 547. The lowest BCUT2D eigenvalue weighted by Crippen LogP contribution is -2.39. The van der Waals surface area contributed by atoms with Crippen molar-refractivity contribution in [3.8, 4) is 5.88 Å². The second kappa shape index (κ2) is 7.11. The van der Waals surface area contributed by atoms with E-state index in [1.165, 1.54) is 0 Å². The number of nitrogens with two attached hydrogens (primary N) is 1. The first-order valence-corrected chi connectivity index (χ1v) is 7.40. The zero-order valence-electron chi connectivity index (χ0n) is 12.9. The quantitative estimate of drug-likeness (QED) is 0.844. The Balaban J connectivity index is 1.90. The fraction of sp³-hybridized carbons (Fsp3) is 0.533. The van der Waals surface area contributed by atoms with Crippen LogP contribution in [0.25, 0.3) is 0 Å². The van der Waals surface area contributed by atoms with E-state index in [-0.39, 0.29) is 24.0 Å². The molecule has 3 N–H and O–H groups in total. The zero-order chi connectivity index (χ0) is 16.1. The topological polar surface area (TPSA) is 97.6 Å². The van der Waals surface area contributed by atoms with Gasteiger partial charge in [-0.2, -0.15) is 0 Å². The molecule has 2 rings (SSSR count). The molecular formula is C15H22N4O3. The number of pyridine rings is 1. The van der Waals surface area contributed by atoms with Crippen molar-refractivity contribution in [2.45, 2.75) is 32.9 Å². The van der Waals surface area contributed by atoms with E-state index in [0.717, 1.165) is 5.56 Å². The van der Waals surface area contributed by atoms with E-state index in [1.54, 1.807) is 17.2 Å². The van der Waals surface area contributed by atoms with Gasteiger partial charge in [0, 0.05) is 31.4 Å². The molecule has 0 unspecified atom stereocenters. The average molecular weight is 306 g/mol. The minimum atomic E-state index is -0.352. The fourth-order valence-electron chi connectivity index (χ4n) is 2.35. The van der Waals surface area contributed by atoms with Crippen molar-refractivity contribution < 1.29 is 14.3 Å². The summed E-state index contributed by atoms with van der Waals surface area (Å²) < 4.78 is 5.61. The fourth-order valence-corrected chi connectivity index (χ4v) is 2.35. The highest BCUT2D eigenvalue weighted by molar-refractivity contribution is 5.80. The van der Waals surface area contributed by atoms with Crippen molar-refractivity contribution in [2.75, 3.05) is 13.1 Å². The molecule has 0 aliphatic carbocycles. The highest BCUT2D eigenvalue weighted by Crippen LogP contribution is 2.17. The molecule has 1 aliphatic rings. The van der Waals surface area contributed by atoms with Crippen molar-refractivity contribution in [3.05, 3.63) is 23.9 Å². The standard InChI is InChI=1S/C15H22N4O3/c1-10(2)22-14-11(4-3-6-17-14)8-18-15(21)19-7-5-12(9-19)13(16)20/h3-4,6,10,12H,5,7-9H2,1-2H3,(H2,16,20)(H,18,21)/t12-/m0/s1. The van der Waals surface area contributed by atoms with Crippen molar-refractivity contribution in [3.63, 3.8) is 0 Å². The third-order valence-corrected chi connectivity index (χ3v) is 3.51. The zero-order valence-corrected chi connectivity index (χ0v) is 12.9. The van der Waals surface area contributed by atoms with Crippen LogP contribution in [0.15, 0.2) is 18.3 Å². The van der Waals surface area contributed by atoms with Gasteiger partial charge in [-0.25, -0.2) is 9.78 Å². The molecule has 1 aromatic rings. The van der Waals surface area contributed by atoms with Crippen LogP contribution in [0, 0.1) is 5.92 Å². The molecule has 120 valence electrons. The first kappa shape index (κ1) is 16.1. The molecule has 1 aromatic heterocycles. The Morgan fingerprint density at radius 1 is 1.55 bits per heavy atom. The van der Waals surface area contributed by atoms with E-state index >= 15 is 0 Å². The predicted octanol–water partition coefficient (Wildman–Crippen LogP) is 0.886. The van der Waals surface area contributed by atoms with Crippen LogP contribution in [0.3, 0.4) is 0 Å². The normalized spacial score (nSPS) is 17.6. The predicted molar refractivity (Wildman–Crippen MR) is 81.1 cm³/mol. The van der Waals surface area contributed by atoms with Gasteiger partial charge in [-0.1, -0.05) is 6.07 Å². The molecule has 22 heavy (non-hydrogen) atoms. The molecule has 7 heteroatoms. The molecule has 0 bridgehead atoms. The number of ether oxygens (including phenoxy) is 1. The van der Waals surface area contributed by atoms with Crippen LogP contribution in [0.2, 0.25) is 0 Å². The number of hydrogen-bond donors (Lipinski definition) is 2. The summed E-state index contributed by atoms with van der Waals surface area (Å²) in [4.78, 5) is 29.0.